The molecule has 1 saturated heterocycles. The molecule has 7 heteroatoms. The molecule has 2 heterocycles. The molecule has 3 rings (SSSR count). The van der Waals surface area contributed by atoms with Gasteiger partial charge in [-0.25, -0.2) is 4.39 Å². The van der Waals surface area contributed by atoms with Gasteiger partial charge in [0.15, 0.2) is 0 Å². The van der Waals surface area contributed by atoms with Gasteiger partial charge in [0.2, 0.25) is 0 Å². The Labute approximate surface area is 118 Å². The highest BCUT2D eigenvalue weighted by atomic mass is 19.4. The van der Waals surface area contributed by atoms with Gasteiger partial charge in [0.25, 0.3) is 0 Å². The van der Waals surface area contributed by atoms with Crippen LogP contribution in [0.2, 0.25) is 0 Å². The van der Waals surface area contributed by atoms with Crippen molar-refractivity contribution in [2.24, 2.45) is 0 Å². The third kappa shape index (κ3) is 2.59. The first-order valence-corrected chi connectivity index (χ1v) is 6.59. The van der Waals surface area contributed by atoms with Gasteiger partial charge in [-0.1, -0.05) is 0 Å². The Kier molecular flexibility index (Phi) is 3.35. The normalized spacial score (nSPS) is 19.2. The van der Waals surface area contributed by atoms with Crippen LogP contribution in [0.15, 0.2) is 30.5 Å². The van der Waals surface area contributed by atoms with Crippen LogP contribution in [0.25, 0.3) is 0 Å². The van der Waals surface area contributed by atoms with E-state index in [1.807, 2.05) is 0 Å². The highest BCUT2D eigenvalue weighted by Gasteiger charge is 2.38. The summed E-state index contributed by atoms with van der Waals surface area (Å²) in [5.41, 5.74) is -0.796. The van der Waals surface area contributed by atoms with Crippen LogP contribution in [-0.2, 0) is 6.18 Å². The first-order chi connectivity index (χ1) is 9.97. The van der Waals surface area contributed by atoms with Gasteiger partial charge >= 0.3 is 6.18 Å². The van der Waals surface area contributed by atoms with Crippen LogP contribution in [0.5, 0.6) is 0 Å². The first-order valence-electron chi connectivity index (χ1n) is 6.59. The van der Waals surface area contributed by atoms with Gasteiger partial charge in [-0.05, 0) is 36.6 Å². The quantitative estimate of drug-likeness (QED) is 0.853. The second kappa shape index (κ2) is 5.05. The zero-order chi connectivity index (χ0) is 15.0. The molecule has 1 aliphatic rings. The lowest BCUT2D eigenvalue weighted by Gasteiger charge is -2.27. The van der Waals surface area contributed by atoms with Gasteiger partial charge in [-0.3, -0.25) is 5.10 Å². The topological polar surface area (TPSA) is 31.9 Å². The summed E-state index contributed by atoms with van der Waals surface area (Å²) < 4.78 is 52.9. The van der Waals surface area contributed by atoms with Crippen molar-refractivity contribution in [2.75, 3.05) is 11.4 Å². The van der Waals surface area contributed by atoms with Crippen LogP contribution in [0, 0.1) is 5.82 Å². The maximum atomic E-state index is 13.5. The zero-order valence-corrected chi connectivity index (χ0v) is 11.0. The van der Waals surface area contributed by atoms with Crippen molar-refractivity contribution in [2.45, 2.75) is 25.1 Å². The van der Waals surface area contributed by atoms with Crippen molar-refractivity contribution in [3.8, 4) is 0 Å². The summed E-state index contributed by atoms with van der Waals surface area (Å²) in [5.74, 6) is -0.00986. The molecule has 0 radical (unpaired) electrons. The lowest BCUT2D eigenvalue weighted by atomic mass is 9.97. The monoisotopic (exact) mass is 299 g/mol. The fourth-order valence-corrected chi connectivity index (χ4v) is 2.85. The summed E-state index contributed by atoms with van der Waals surface area (Å²) in [6.07, 6.45) is -1.66. The van der Waals surface area contributed by atoms with Gasteiger partial charge in [0.05, 0.1) is 17.8 Å². The summed E-state index contributed by atoms with van der Waals surface area (Å²) in [4.78, 5) is 1.80. The third-order valence-corrected chi connectivity index (χ3v) is 3.73. The SMILES string of the molecule is Fc1ccc(C(F)(F)F)c([C@H]2CCCN2c2ccn[nH]2)c1. The molecule has 112 valence electrons. The van der Waals surface area contributed by atoms with E-state index in [0.29, 0.717) is 18.8 Å². The van der Waals surface area contributed by atoms with Crippen molar-refractivity contribution in [1.82, 2.24) is 10.2 Å². The van der Waals surface area contributed by atoms with E-state index in [1.54, 1.807) is 17.2 Å². The molecular weight excluding hydrogens is 286 g/mol. The smallest absolute Gasteiger partial charge is 0.350 e. The van der Waals surface area contributed by atoms with Crippen molar-refractivity contribution in [1.29, 1.82) is 0 Å². The van der Waals surface area contributed by atoms with Gasteiger partial charge in [-0.2, -0.15) is 18.3 Å². The number of halogens is 4. The second-order valence-corrected chi connectivity index (χ2v) is 5.02. The highest BCUT2D eigenvalue weighted by molar-refractivity contribution is 5.45. The van der Waals surface area contributed by atoms with Crippen molar-refractivity contribution in [3.63, 3.8) is 0 Å². The molecule has 1 aliphatic heterocycles. The Bertz CT molecular complexity index is 622. The third-order valence-electron chi connectivity index (χ3n) is 3.73. The summed E-state index contributed by atoms with van der Waals surface area (Å²) >= 11 is 0. The molecule has 2 aromatic rings. The van der Waals surface area contributed by atoms with E-state index in [1.165, 1.54) is 0 Å². The molecule has 1 fully saturated rings. The van der Waals surface area contributed by atoms with Crippen LogP contribution in [0.4, 0.5) is 23.4 Å². The van der Waals surface area contributed by atoms with Gasteiger partial charge in [0, 0.05) is 12.6 Å². The van der Waals surface area contributed by atoms with Gasteiger partial charge in [-0.15, -0.1) is 0 Å². The largest absolute Gasteiger partial charge is 0.416 e. The average molecular weight is 299 g/mol. The van der Waals surface area contributed by atoms with E-state index in [9.17, 15) is 17.6 Å². The molecule has 0 spiro atoms. The minimum absolute atomic E-state index is 0.0189. The van der Waals surface area contributed by atoms with Crippen LogP contribution >= 0.6 is 0 Å². The molecule has 1 aromatic carbocycles. The molecule has 1 atom stereocenters. The second-order valence-electron chi connectivity index (χ2n) is 5.02. The number of alkyl halides is 3. The molecule has 3 nitrogen and oxygen atoms in total. The van der Waals surface area contributed by atoms with E-state index in [-0.39, 0.29) is 5.56 Å². The number of anilines is 1. The fraction of sp³-hybridized carbons (Fsp3) is 0.357. The van der Waals surface area contributed by atoms with Gasteiger partial charge in [0.1, 0.15) is 11.6 Å². The van der Waals surface area contributed by atoms with Crippen LogP contribution in [0.3, 0.4) is 0 Å². The number of aromatic amines is 1. The Morgan fingerprint density at radius 2 is 2.05 bits per heavy atom. The van der Waals surface area contributed by atoms with E-state index in [0.717, 1.165) is 24.6 Å². The summed E-state index contributed by atoms with van der Waals surface area (Å²) in [6, 6.07) is 3.85. The Morgan fingerprint density at radius 3 is 2.71 bits per heavy atom. The average Bonchev–Trinajstić information content (AvgIpc) is 3.08. The number of H-pyrrole nitrogens is 1. The molecule has 0 unspecified atom stereocenters. The molecule has 1 N–H and O–H groups in total. The fourth-order valence-electron chi connectivity index (χ4n) is 2.85. The molecule has 0 saturated carbocycles. The van der Waals surface area contributed by atoms with E-state index >= 15 is 0 Å². The maximum Gasteiger partial charge on any atom is 0.416 e. The van der Waals surface area contributed by atoms with E-state index in [4.69, 9.17) is 0 Å². The molecule has 21 heavy (non-hydrogen) atoms. The number of rotatable bonds is 2. The minimum Gasteiger partial charge on any atom is -0.350 e. The number of nitrogens with one attached hydrogen (secondary N) is 1. The predicted molar refractivity (Wildman–Crippen MR) is 69.3 cm³/mol. The minimum atomic E-state index is -4.49. The number of hydrogen-bond donors (Lipinski definition) is 1. The summed E-state index contributed by atoms with van der Waals surface area (Å²) in [5, 5.41) is 6.57. The number of nitrogens with zero attached hydrogens (tertiary/aromatic N) is 2. The van der Waals surface area contributed by atoms with E-state index < -0.39 is 23.6 Å². The summed E-state index contributed by atoms with van der Waals surface area (Å²) in [6.45, 7) is 0.612. The standard InChI is InChI=1S/C14H13F4N3/c15-9-3-4-11(14(16,17)18)10(8-9)12-2-1-7-21(12)13-5-6-19-20-13/h3-6,8,12H,1-2,7H2,(H,19,20)/t12-/m1/s1. The van der Waals surface area contributed by atoms with E-state index in [2.05, 4.69) is 10.2 Å². The van der Waals surface area contributed by atoms with Crippen molar-refractivity contribution in [3.05, 3.63) is 47.4 Å². The maximum absolute atomic E-state index is 13.5. The number of benzene rings is 1. The molecule has 1 aromatic heterocycles. The first kappa shape index (κ1) is 13.9. The van der Waals surface area contributed by atoms with Gasteiger partial charge < -0.3 is 4.90 Å². The Hall–Kier alpha value is -2.05. The van der Waals surface area contributed by atoms with Crippen LogP contribution in [0.1, 0.15) is 30.0 Å². The lowest BCUT2D eigenvalue weighted by molar-refractivity contribution is -0.138. The van der Waals surface area contributed by atoms with Crippen molar-refractivity contribution < 1.29 is 17.6 Å². The van der Waals surface area contributed by atoms with Crippen LogP contribution < -0.4 is 4.90 Å². The summed E-state index contributed by atoms with van der Waals surface area (Å²) in [7, 11) is 0. The number of aromatic nitrogens is 2. The van der Waals surface area contributed by atoms with Crippen LogP contribution in [-0.4, -0.2) is 16.7 Å². The molecule has 0 aliphatic carbocycles. The Morgan fingerprint density at radius 1 is 1.24 bits per heavy atom. The zero-order valence-electron chi connectivity index (χ0n) is 11.0. The Balaban J connectivity index is 2.05. The molecule has 0 bridgehead atoms. The lowest BCUT2D eigenvalue weighted by Crippen LogP contribution is -2.25. The molecule has 0 amide bonds. The number of hydrogen-bond acceptors (Lipinski definition) is 2. The van der Waals surface area contributed by atoms with Crippen molar-refractivity contribution >= 4 is 5.82 Å². The molecular formula is C14H13F4N3. The predicted octanol–water partition coefficient (Wildman–Crippen LogP) is 3.91. The highest BCUT2D eigenvalue weighted by Crippen LogP contribution is 2.41.